The van der Waals surface area contributed by atoms with Crippen LogP contribution in [-0.2, 0) is 16.0 Å². The molecule has 0 amide bonds. The van der Waals surface area contributed by atoms with Gasteiger partial charge < -0.3 is 25.1 Å². The van der Waals surface area contributed by atoms with Gasteiger partial charge in [-0.1, -0.05) is 6.07 Å². The molecule has 3 N–H and O–H groups in total. The van der Waals surface area contributed by atoms with Crippen molar-refractivity contribution in [2.24, 2.45) is 5.73 Å². The molecule has 0 saturated carbocycles. The first kappa shape index (κ1) is 16.8. The Morgan fingerprint density at radius 3 is 2.70 bits per heavy atom. The maximum atomic E-state index is 13.5. The maximum Gasteiger partial charge on any atom is 0.131 e. The predicted octanol–water partition coefficient (Wildman–Crippen LogP) is 1.08. The van der Waals surface area contributed by atoms with Gasteiger partial charge in [-0.3, -0.25) is 0 Å². The van der Waals surface area contributed by atoms with Crippen LogP contribution in [0, 0.1) is 5.82 Å². The average Bonchev–Trinajstić information content (AvgIpc) is 2.43. The zero-order valence-electron chi connectivity index (χ0n) is 11.8. The van der Waals surface area contributed by atoms with Crippen LogP contribution in [0.5, 0.6) is 5.75 Å². The lowest BCUT2D eigenvalue weighted by Crippen LogP contribution is -2.27. The summed E-state index contributed by atoms with van der Waals surface area (Å²) in [4.78, 5) is 0. The molecule has 114 valence electrons. The van der Waals surface area contributed by atoms with E-state index in [4.69, 9.17) is 19.9 Å². The fourth-order valence-corrected chi connectivity index (χ4v) is 1.66. The van der Waals surface area contributed by atoms with E-state index in [0.717, 1.165) is 0 Å². The SMILES string of the molecule is COCC(C)OCC(O)COc1cccc(F)c1CN. The Kier molecular flexibility index (Phi) is 7.46. The van der Waals surface area contributed by atoms with Gasteiger partial charge in [0.25, 0.3) is 0 Å². The van der Waals surface area contributed by atoms with Gasteiger partial charge in [0.2, 0.25) is 0 Å². The molecule has 1 aromatic carbocycles. The van der Waals surface area contributed by atoms with Gasteiger partial charge in [0.15, 0.2) is 0 Å². The first-order chi connectivity index (χ1) is 9.58. The average molecular weight is 287 g/mol. The zero-order chi connectivity index (χ0) is 15.0. The number of halogens is 1. The van der Waals surface area contributed by atoms with E-state index >= 15 is 0 Å². The van der Waals surface area contributed by atoms with Crippen molar-refractivity contribution in [2.45, 2.75) is 25.7 Å². The Hall–Kier alpha value is -1.21. The van der Waals surface area contributed by atoms with Crippen LogP contribution in [0.1, 0.15) is 12.5 Å². The summed E-state index contributed by atoms with van der Waals surface area (Å²) in [5.41, 5.74) is 5.77. The van der Waals surface area contributed by atoms with Crippen molar-refractivity contribution in [3.63, 3.8) is 0 Å². The lowest BCUT2D eigenvalue weighted by atomic mass is 10.2. The molecule has 0 heterocycles. The lowest BCUT2D eigenvalue weighted by Gasteiger charge is -2.17. The fraction of sp³-hybridized carbons (Fsp3) is 0.571. The Bertz CT molecular complexity index is 403. The zero-order valence-corrected chi connectivity index (χ0v) is 11.8. The van der Waals surface area contributed by atoms with Crippen molar-refractivity contribution in [3.05, 3.63) is 29.6 Å². The Balaban J connectivity index is 2.41. The minimum atomic E-state index is -0.803. The Morgan fingerprint density at radius 1 is 1.30 bits per heavy atom. The lowest BCUT2D eigenvalue weighted by molar-refractivity contribution is -0.0423. The van der Waals surface area contributed by atoms with Gasteiger partial charge in [0.05, 0.1) is 19.3 Å². The number of nitrogens with two attached hydrogens (primary N) is 1. The number of methoxy groups -OCH3 is 1. The highest BCUT2D eigenvalue weighted by Crippen LogP contribution is 2.20. The van der Waals surface area contributed by atoms with Crippen LogP contribution >= 0.6 is 0 Å². The standard InChI is InChI=1S/C14H22FNO4/c1-10(7-18-2)19-8-11(17)9-20-14-5-3-4-13(15)12(14)6-16/h3-5,10-11,17H,6-9,16H2,1-2H3. The molecule has 0 saturated heterocycles. The van der Waals surface area contributed by atoms with Crippen molar-refractivity contribution in [1.29, 1.82) is 0 Å². The first-order valence-corrected chi connectivity index (χ1v) is 6.47. The smallest absolute Gasteiger partial charge is 0.131 e. The highest BCUT2D eigenvalue weighted by molar-refractivity contribution is 5.34. The molecule has 0 radical (unpaired) electrons. The fourth-order valence-electron chi connectivity index (χ4n) is 1.66. The number of hydrogen-bond acceptors (Lipinski definition) is 5. The molecule has 0 bridgehead atoms. The summed E-state index contributed by atoms with van der Waals surface area (Å²) in [6.07, 6.45) is -0.911. The van der Waals surface area contributed by atoms with E-state index in [9.17, 15) is 9.50 Å². The summed E-state index contributed by atoms with van der Waals surface area (Å²) >= 11 is 0. The molecule has 0 aliphatic heterocycles. The van der Waals surface area contributed by atoms with Crippen LogP contribution in [0.4, 0.5) is 4.39 Å². The summed E-state index contributed by atoms with van der Waals surface area (Å²) < 4.78 is 29.1. The van der Waals surface area contributed by atoms with Crippen molar-refractivity contribution >= 4 is 0 Å². The maximum absolute atomic E-state index is 13.5. The monoisotopic (exact) mass is 287 g/mol. The molecule has 2 atom stereocenters. The van der Waals surface area contributed by atoms with Gasteiger partial charge in [-0.05, 0) is 19.1 Å². The first-order valence-electron chi connectivity index (χ1n) is 6.47. The molecular weight excluding hydrogens is 265 g/mol. The number of rotatable bonds is 9. The third-order valence-electron chi connectivity index (χ3n) is 2.69. The molecule has 5 nitrogen and oxygen atoms in total. The number of aliphatic hydroxyl groups is 1. The van der Waals surface area contributed by atoms with Crippen molar-refractivity contribution in [3.8, 4) is 5.75 Å². The Morgan fingerprint density at radius 2 is 2.05 bits per heavy atom. The predicted molar refractivity (Wildman–Crippen MR) is 73.1 cm³/mol. The van der Waals surface area contributed by atoms with Crippen LogP contribution in [0.15, 0.2) is 18.2 Å². The number of aliphatic hydroxyl groups excluding tert-OH is 1. The highest BCUT2D eigenvalue weighted by Gasteiger charge is 2.12. The molecule has 0 fully saturated rings. The summed E-state index contributed by atoms with van der Waals surface area (Å²) in [6, 6.07) is 4.47. The van der Waals surface area contributed by atoms with Gasteiger partial charge in [-0.25, -0.2) is 4.39 Å². The third-order valence-corrected chi connectivity index (χ3v) is 2.69. The van der Waals surface area contributed by atoms with Crippen LogP contribution in [0.2, 0.25) is 0 Å². The second-order valence-electron chi connectivity index (χ2n) is 4.48. The summed E-state index contributed by atoms with van der Waals surface area (Å²) in [5, 5.41) is 9.74. The molecule has 20 heavy (non-hydrogen) atoms. The van der Waals surface area contributed by atoms with Gasteiger partial charge in [-0.15, -0.1) is 0 Å². The summed E-state index contributed by atoms with van der Waals surface area (Å²) in [7, 11) is 1.58. The largest absolute Gasteiger partial charge is 0.490 e. The van der Waals surface area contributed by atoms with E-state index < -0.39 is 11.9 Å². The van der Waals surface area contributed by atoms with Gasteiger partial charge in [-0.2, -0.15) is 0 Å². The van der Waals surface area contributed by atoms with Crippen molar-refractivity contribution in [1.82, 2.24) is 0 Å². The molecule has 0 spiro atoms. The molecular formula is C14H22FNO4. The molecule has 0 aliphatic carbocycles. The molecule has 0 aromatic heterocycles. The van der Waals surface area contributed by atoms with E-state index in [1.807, 2.05) is 6.92 Å². The van der Waals surface area contributed by atoms with Crippen molar-refractivity contribution in [2.75, 3.05) is 26.9 Å². The van der Waals surface area contributed by atoms with Crippen LogP contribution in [0.25, 0.3) is 0 Å². The molecule has 1 aromatic rings. The van der Waals surface area contributed by atoms with E-state index in [-0.39, 0.29) is 25.9 Å². The van der Waals surface area contributed by atoms with Gasteiger partial charge >= 0.3 is 0 Å². The number of hydrogen-bond donors (Lipinski definition) is 2. The second kappa shape index (κ2) is 8.86. The molecule has 1 rings (SSSR count). The van der Waals surface area contributed by atoms with Crippen LogP contribution < -0.4 is 10.5 Å². The van der Waals surface area contributed by atoms with Crippen molar-refractivity contribution < 1.29 is 23.7 Å². The van der Waals surface area contributed by atoms with E-state index in [0.29, 0.717) is 17.9 Å². The highest BCUT2D eigenvalue weighted by atomic mass is 19.1. The molecule has 2 unspecified atom stereocenters. The van der Waals surface area contributed by atoms with Gasteiger partial charge in [0, 0.05) is 19.2 Å². The second-order valence-corrected chi connectivity index (χ2v) is 4.48. The summed E-state index contributed by atoms with van der Waals surface area (Å²) in [5.74, 6) is -0.0686. The van der Waals surface area contributed by atoms with Crippen LogP contribution in [0.3, 0.4) is 0 Å². The minimum Gasteiger partial charge on any atom is -0.490 e. The van der Waals surface area contributed by atoms with Gasteiger partial charge in [0.1, 0.15) is 24.3 Å². The van der Waals surface area contributed by atoms with E-state index in [2.05, 4.69) is 0 Å². The van der Waals surface area contributed by atoms with Crippen LogP contribution in [-0.4, -0.2) is 44.2 Å². The normalized spacial score (nSPS) is 14.1. The third kappa shape index (κ3) is 5.42. The number of benzene rings is 1. The molecule has 0 aliphatic rings. The number of ether oxygens (including phenoxy) is 3. The Labute approximate surface area is 118 Å². The minimum absolute atomic E-state index is 0.0101. The topological polar surface area (TPSA) is 73.9 Å². The van der Waals surface area contributed by atoms with E-state index in [1.165, 1.54) is 12.1 Å². The van der Waals surface area contributed by atoms with E-state index in [1.54, 1.807) is 13.2 Å². The molecule has 6 heteroatoms. The quantitative estimate of drug-likeness (QED) is 0.711. The summed E-state index contributed by atoms with van der Waals surface area (Å²) in [6.45, 7) is 2.47.